The van der Waals surface area contributed by atoms with Crippen molar-refractivity contribution in [2.75, 3.05) is 0 Å². The number of halogens is 3. The van der Waals surface area contributed by atoms with Crippen molar-refractivity contribution < 1.29 is 4.39 Å². The van der Waals surface area contributed by atoms with Crippen LogP contribution in [0.15, 0.2) is 10.3 Å². The summed E-state index contributed by atoms with van der Waals surface area (Å²) in [4.78, 5) is 0. The molecule has 0 aliphatic carbocycles. The first-order valence-corrected chi connectivity index (χ1v) is 2.07. The first-order valence-electron chi connectivity index (χ1n) is 1.32. The third kappa shape index (κ3) is 2.49. The molecular formula is C3H3Cl2F. The molecule has 0 saturated carbocycles. The lowest BCUT2D eigenvalue weighted by molar-refractivity contribution is 0.690. The molecule has 0 radical (unpaired) electrons. The Kier molecular flexibility index (Phi) is 2.53. The van der Waals surface area contributed by atoms with E-state index in [0.29, 0.717) is 0 Å². The van der Waals surface area contributed by atoms with E-state index < -0.39 is 5.29 Å². The average Bonchev–Trinajstić information content (AvgIpc) is 1.36. The molecule has 0 aliphatic rings. The highest BCUT2D eigenvalue weighted by atomic mass is 35.5. The maximum atomic E-state index is 11.3. The molecule has 0 heterocycles. The van der Waals surface area contributed by atoms with E-state index >= 15 is 0 Å². The molecular weight excluding hydrogens is 126 g/mol. The quantitative estimate of drug-likeness (QED) is 0.471. The molecule has 0 aromatic rings. The van der Waals surface area contributed by atoms with Gasteiger partial charge < -0.3 is 0 Å². The van der Waals surface area contributed by atoms with Gasteiger partial charge in [0.25, 0.3) is 0 Å². The van der Waals surface area contributed by atoms with Crippen molar-refractivity contribution in [2.45, 2.75) is 6.92 Å². The van der Waals surface area contributed by atoms with E-state index in [2.05, 4.69) is 0 Å². The molecule has 0 fully saturated rings. The predicted octanol–water partition coefficient (Wildman–Crippen LogP) is 2.62. The molecule has 0 N–H and O–H groups in total. The second-order valence-electron chi connectivity index (χ2n) is 0.794. The van der Waals surface area contributed by atoms with Gasteiger partial charge in [-0.3, -0.25) is 0 Å². The van der Waals surface area contributed by atoms with Gasteiger partial charge in [-0.15, -0.1) is 0 Å². The van der Waals surface area contributed by atoms with Crippen LogP contribution in [0.1, 0.15) is 6.92 Å². The number of hydrogen-bond acceptors (Lipinski definition) is 0. The summed E-state index contributed by atoms with van der Waals surface area (Å²) in [5.41, 5.74) is 0. The van der Waals surface area contributed by atoms with Crippen molar-refractivity contribution in [3.05, 3.63) is 10.3 Å². The second-order valence-corrected chi connectivity index (χ2v) is 1.69. The summed E-state index contributed by atoms with van der Waals surface area (Å²) in [6, 6.07) is 0. The van der Waals surface area contributed by atoms with E-state index in [-0.39, 0.29) is 5.03 Å². The summed E-state index contributed by atoms with van der Waals surface area (Å²) in [6.07, 6.45) is 0. The fraction of sp³-hybridized carbons (Fsp3) is 0.333. The molecule has 0 amide bonds. The van der Waals surface area contributed by atoms with Crippen LogP contribution in [0.25, 0.3) is 0 Å². The Labute approximate surface area is 45.6 Å². The van der Waals surface area contributed by atoms with Crippen LogP contribution in [-0.2, 0) is 0 Å². The predicted molar refractivity (Wildman–Crippen MR) is 25.5 cm³/mol. The van der Waals surface area contributed by atoms with E-state index in [1.807, 2.05) is 0 Å². The number of rotatable bonds is 0. The highest BCUT2D eigenvalue weighted by molar-refractivity contribution is 6.37. The molecule has 0 spiro atoms. The van der Waals surface area contributed by atoms with Gasteiger partial charge in [-0.25, -0.2) is 0 Å². The van der Waals surface area contributed by atoms with Crippen LogP contribution < -0.4 is 0 Å². The Morgan fingerprint density at radius 3 is 1.67 bits per heavy atom. The van der Waals surface area contributed by atoms with E-state index in [1.165, 1.54) is 6.92 Å². The summed E-state index contributed by atoms with van der Waals surface area (Å²) in [5, 5.41) is -0.840. The van der Waals surface area contributed by atoms with E-state index in [1.54, 1.807) is 0 Å². The fourth-order valence-electron chi connectivity index (χ4n) is 0. The van der Waals surface area contributed by atoms with Crippen LogP contribution in [-0.4, -0.2) is 0 Å². The smallest absolute Gasteiger partial charge is 0.192 e. The van der Waals surface area contributed by atoms with Crippen molar-refractivity contribution in [3.63, 3.8) is 0 Å². The van der Waals surface area contributed by atoms with Crippen molar-refractivity contribution in [1.82, 2.24) is 0 Å². The first-order chi connectivity index (χ1) is 2.64. The van der Waals surface area contributed by atoms with Gasteiger partial charge in [0.05, 0.1) is 5.03 Å². The molecule has 36 valence electrons. The van der Waals surface area contributed by atoms with E-state index in [9.17, 15) is 4.39 Å². The highest BCUT2D eigenvalue weighted by Gasteiger charge is 1.87. The van der Waals surface area contributed by atoms with Crippen LogP contribution >= 0.6 is 23.2 Å². The maximum absolute atomic E-state index is 11.3. The minimum Gasteiger partial charge on any atom is -0.192 e. The SMILES string of the molecule is C/C(Cl)=C(\F)Cl. The minimum absolute atomic E-state index is 0.00309. The lowest BCUT2D eigenvalue weighted by Gasteiger charge is -1.77. The van der Waals surface area contributed by atoms with E-state index in [0.717, 1.165) is 0 Å². The lowest BCUT2D eigenvalue weighted by Crippen LogP contribution is -1.55. The molecule has 0 unspecified atom stereocenters. The standard InChI is InChI=1S/C3H3Cl2F/c1-2(4)3(5)6/h1H3/b3-2+. The van der Waals surface area contributed by atoms with Gasteiger partial charge in [-0.2, -0.15) is 4.39 Å². The summed E-state index contributed by atoms with van der Waals surface area (Å²) >= 11 is 9.68. The molecule has 0 rings (SSSR count). The molecule has 0 bridgehead atoms. The monoisotopic (exact) mass is 128 g/mol. The summed E-state index contributed by atoms with van der Waals surface area (Å²) in [6.45, 7) is 1.38. The maximum Gasteiger partial charge on any atom is 0.203 e. The topological polar surface area (TPSA) is 0 Å². The van der Waals surface area contributed by atoms with Crippen LogP contribution in [0.3, 0.4) is 0 Å². The molecule has 3 heteroatoms. The summed E-state index contributed by atoms with van der Waals surface area (Å²) in [7, 11) is 0. The van der Waals surface area contributed by atoms with Gasteiger partial charge in [0.15, 0.2) is 0 Å². The third-order valence-corrected chi connectivity index (χ3v) is 0.807. The zero-order valence-electron chi connectivity index (χ0n) is 3.13. The van der Waals surface area contributed by atoms with Crippen LogP contribution in [0.2, 0.25) is 0 Å². The Hall–Kier alpha value is 0.250. The van der Waals surface area contributed by atoms with Crippen LogP contribution in [0.5, 0.6) is 0 Å². The Bertz CT molecular complexity index is 58.9. The van der Waals surface area contributed by atoms with E-state index in [4.69, 9.17) is 23.2 Å². The normalized spacial score (nSPS) is 14.0. The average molecular weight is 129 g/mol. The molecule has 0 atom stereocenters. The third-order valence-electron chi connectivity index (χ3n) is 0.260. The van der Waals surface area contributed by atoms with Gasteiger partial charge in [-0.1, -0.05) is 11.6 Å². The highest BCUT2D eigenvalue weighted by Crippen LogP contribution is 2.12. The molecule has 0 saturated heterocycles. The summed E-state index contributed by atoms with van der Waals surface area (Å²) in [5.74, 6) is 0. The summed E-state index contributed by atoms with van der Waals surface area (Å²) < 4.78 is 11.3. The van der Waals surface area contributed by atoms with Gasteiger partial charge in [0.1, 0.15) is 0 Å². The molecule has 0 aromatic carbocycles. The Balaban J connectivity index is 3.68. The van der Waals surface area contributed by atoms with Crippen molar-refractivity contribution in [3.8, 4) is 0 Å². The molecule has 0 nitrogen and oxygen atoms in total. The van der Waals surface area contributed by atoms with Gasteiger partial charge in [0.2, 0.25) is 5.29 Å². The molecule has 0 aromatic heterocycles. The van der Waals surface area contributed by atoms with Crippen LogP contribution in [0.4, 0.5) is 4.39 Å². The number of hydrogen-bond donors (Lipinski definition) is 0. The lowest BCUT2D eigenvalue weighted by atomic mass is 10.7. The van der Waals surface area contributed by atoms with Crippen molar-refractivity contribution >= 4 is 23.2 Å². The van der Waals surface area contributed by atoms with Gasteiger partial charge >= 0.3 is 0 Å². The molecule has 6 heavy (non-hydrogen) atoms. The molecule has 0 aliphatic heterocycles. The number of allylic oxidation sites excluding steroid dienone is 1. The van der Waals surface area contributed by atoms with Crippen molar-refractivity contribution in [2.24, 2.45) is 0 Å². The Morgan fingerprint density at radius 2 is 1.67 bits per heavy atom. The fourth-order valence-corrected chi connectivity index (χ4v) is 0. The zero-order chi connectivity index (χ0) is 5.15. The van der Waals surface area contributed by atoms with Gasteiger partial charge in [0, 0.05) is 0 Å². The second kappa shape index (κ2) is 2.43. The Morgan fingerprint density at radius 1 is 1.50 bits per heavy atom. The van der Waals surface area contributed by atoms with Crippen molar-refractivity contribution in [1.29, 1.82) is 0 Å². The zero-order valence-corrected chi connectivity index (χ0v) is 4.65. The largest absolute Gasteiger partial charge is 0.203 e. The van der Waals surface area contributed by atoms with Crippen LogP contribution in [0, 0.1) is 0 Å². The first kappa shape index (κ1) is 6.25. The minimum atomic E-state index is -0.836. The van der Waals surface area contributed by atoms with Gasteiger partial charge in [-0.05, 0) is 18.5 Å².